The summed E-state index contributed by atoms with van der Waals surface area (Å²) in [5.41, 5.74) is 3.08. The van der Waals surface area contributed by atoms with E-state index in [0.717, 1.165) is 44.9 Å². The highest BCUT2D eigenvalue weighted by atomic mass is 16.5. The molecule has 0 aliphatic carbocycles. The Morgan fingerprint density at radius 3 is 2.96 bits per heavy atom. The quantitative estimate of drug-likeness (QED) is 0.495. The molecule has 0 radical (unpaired) electrons. The molecule has 0 amide bonds. The lowest BCUT2D eigenvalue weighted by atomic mass is 10.1. The van der Waals surface area contributed by atoms with Crippen LogP contribution in [0, 0.1) is 4.91 Å². The van der Waals surface area contributed by atoms with Gasteiger partial charge in [-0.1, -0.05) is 30.9 Å². The normalized spacial score (nSPS) is 19.4. The Morgan fingerprint density at radius 2 is 2.23 bits per heavy atom. The highest BCUT2D eigenvalue weighted by Crippen LogP contribution is 2.19. The van der Waals surface area contributed by atoms with Gasteiger partial charge in [-0.15, -0.1) is 16.6 Å². The number of benzene rings is 1. The van der Waals surface area contributed by atoms with E-state index in [2.05, 4.69) is 33.8 Å². The lowest BCUT2D eigenvalue weighted by Crippen LogP contribution is -2.29. The van der Waals surface area contributed by atoms with Crippen molar-refractivity contribution >= 4 is 28.9 Å². The second kappa shape index (κ2) is 7.65. The first-order chi connectivity index (χ1) is 12.7. The lowest BCUT2D eigenvalue weighted by Gasteiger charge is -2.01. The van der Waals surface area contributed by atoms with Crippen molar-refractivity contribution in [3.63, 3.8) is 0 Å². The standard InChI is InChI=1S/C20H20N4O2/c1-4-5-6-7-8-14-12-21-20(19(14)23-24-25)18-13(2)22-17-10-9-15(26-3)11-16(17)18/h4,6-11,21-22H,1-2,5,12H2,3H3/b7-6-,14-8+,20-18+,23-19+. The van der Waals surface area contributed by atoms with Gasteiger partial charge in [0.25, 0.3) is 0 Å². The Morgan fingerprint density at radius 1 is 1.38 bits per heavy atom. The van der Waals surface area contributed by atoms with Crippen LogP contribution in [0.2, 0.25) is 0 Å². The third kappa shape index (κ3) is 3.21. The summed E-state index contributed by atoms with van der Waals surface area (Å²) < 4.78 is 5.33. The van der Waals surface area contributed by atoms with E-state index in [0.29, 0.717) is 12.3 Å². The van der Waals surface area contributed by atoms with Gasteiger partial charge in [0.2, 0.25) is 0 Å². The molecule has 26 heavy (non-hydrogen) atoms. The van der Waals surface area contributed by atoms with Crippen molar-refractivity contribution in [1.29, 1.82) is 0 Å². The number of nitrogens with zero attached hydrogens (tertiary/aromatic N) is 2. The largest absolute Gasteiger partial charge is 0.497 e. The fourth-order valence-corrected chi connectivity index (χ4v) is 3.01. The van der Waals surface area contributed by atoms with E-state index in [1.165, 1.54) is 0 Å². The molecule has 0 unspecified atom stereocenters. The zero-order valence-corrected chi connectivity index (χ0v) is 14.6. The molecule has 0 atom stereocenters. The number of aromatic amines is 1. The third-order valence-electron chi connectivity index (χ3n) is 4.21. The predicted molar refractivity (Wildman–Crippen MR) is 106 cm³/mol. The van der Waals surface area contributed by atoms with Crippen LogP contribution < -0.4 is 20.6 Å². The van der Waals surface area contributed by atoms with E-state index in [1.54, 1.807) is 7.11 Å². The van der Waals surface area contributed by atoms with E-state index in [9.17, 15) is 4.91 Å². The average Bonchev–Trinajstić information content (AvgIpc) is 3.18. The molecule has 2 N–H and O–H groups in total. The van der Waals surface area contributed by atoms with Gasteiger partial charge in [0, 0.05) is 33.6 Å². The summed E-state index contributed by atoms with van der Waals surface area (Å²) in [6.45, 7) is 8.34. The van der Waals surface area contributed by atoms with Crippen molar-refractivity contribution in [3.05, 3.63) is 70.1 Å². The number of hydrogen-bond donors (Lipinski definition) is 2. The molecule has 1 aromatic carbocycles. The number of methoxy groups -OCH3 is 1. The number of nitrogens with one attached hydrogen (secondary N) is 2. The Hall–Kier alpha value is -3.41. The predicted octanol–water partition coefficient (Wildman–Crippen LogP) is 2.48. The van der Waals surface area contributed by atoms with Crippen molar-refractivity contribution in [3.8, 4) is 5.75 Å². The zero-order valence-electron chi connectivity index (χ0n) is 14.6. The Kier molecular flexibility index (Phi) is 5.12. The molecule has 6 nitrogen and oxygen atoms in total. The molecule has 3 rings (SSSR count). The van der Waals surface area contributed by atoms with Gasteiger partial charge in [-0.05, 0) is 24.6 Å². The van der Waals surface area contributed by atoms with E-state index >= 15 is 0 Å². The number of ether oxygens (including phenoxy) is 1. The van der Waals surface area contributed by atoms with Crippen LogP contribution in [0.25, 0.3) is 23.2 Å². The van der Waals surface area contributed by atoms with Gasteiger partial charge in [-0.3, -0.25) is 0 Å². The summed E-state index contributed by atoms with van der Waals surface area (Å²) in [7, 11) is 1.62. The molecule has 2 aromatic rings. The summed E-state index contributed by atoms with van der Waals surface area (Å²) in [6.07, 6.45) is 8.41. The summed E-state index contributed by atoms with van der Waals surface area (Å²) in [6, 6.07) is 5.75. The van der Waals surface area contributed by atoms with Crippen molar-refractivity contribution < 1.29 is 4.74 Å². The fraction of sp³-hybridized carbons (Fsp3) is 0.150. The molecule has 1 aliphatic rings. The first-order valence-electron chi connectivity index (χ1n) is 8.20. The summed E-state index contributed by atoms with van der Waals surface area (Å²) >= 11 is 0. The van der Waals surface area contributed by atoms with Gasteiger partial charge in [-0.25, -0.2) is 0 Å². The number of hydrogen-bond acceptors (Lipinski definition) is 4. The molecule has 132 valence electrons. The molecular weight excluding hydrogens is 328 g/mol. The summed E-state index contributed by atoms with van der Waals surface area (Å²) in [5, 5.41) is 12.4. The maximum absolute atomic E-state index is 10.9. The van der Waals surface area contributed by atoms with Crippen LogP contribution in [0.3, 0.4) is 0 Å². The monoisotopic (exact) mass is 348 g/mol. The van der Waals surface area contributed by atoms with Crippen LogP contribution in [-0.2, 0) is 0 Å². The summed E-state index contributed by atoms with van der Waals surface area (Å²) in [4.78, 5) is 14.1. The van der Waals surface area contributed by atoms with Gasteiger partial charge in [0.1, 0.15) is 11.5 Å². The molecular formula is C20H20N4O2. The SMILES string of the molecule is C=CC\C=C/C=C1\CNC(=c2/c(=C)[nH]c3ccc(OC)cc23)\C1=N\N=O. The number of allylic oxidation sites excluding steroid dienone is 4. The minimum atomic E-state index is 0.525. The van der Waals surface area contributed by atoms with Gasteiger partial charge >= 0.3 is 0 Å². The third-order valence-corrected chi connectivity index (χ3v) is 4.21. The minimum absolute atomic E-state index is 0.525. The molecule has 0 bridgehead atoms. The van der Waals surface area contributed by atoms with E-state index in [1.807, 2.05) is 42.5 Å². The van der Waals surface area contributed by atoms with Crippen molar-refractivity contribution in [1.82, 2.24) is 10.3 Å². The maximum Gasteiger partial charge on any atom is 0.119 e. The van der Waals surface area contributed by atoms with Crippen LogP contribution in [0.5, 0.6) is 5.75 Å². The number of fused-ring (bicyclic) bond motifs is 1. The maximum atomic E-state index is 10.9. The Bertz CT molecular complexity index is 1060. The highest BCUT2D eigenvalue weighted by molar-refractivity contribution is 6.30. The fourth-order valence-electron chi connectivity index (χ4n) is 3.01. The number of nitroso groups, excluding NO2 is 1. The van der Waals surface area contributed by atoms with Gasteiger partial charge in [-0.2, -0.15) is 0 Å². The van der Waals surface area contributed by atoms with Crippen LogP contribution in [0.4, 0.5) is 0 Å². The Labute approximate surface area is 150 Å². The van der Waals surface area contributed by atoms with Crippen molar-refractivity contribution in [2.24, 2.45) is 10.4 Å². The molecule has 0 spiro atoms. The Balaban J connectivity index is 2.22. The molecule has 0 saturated carbocycles. The number of aromatic nitrogens is 1. The first kappa shape index (κ1) is 17.4. The smallest absolute Gasteiger partial charge is 0.119 e. The van der Waals surface area contributed by atoms with E-state index in [-0.39, 0.29) is 0 Å². The van der Waals surface area contributed by atoms with Crippen molar-refractivity contribution in [2.45, 2.75) is 6.42 Å². The zero-order chi connectivity index (χ0) is 18.5. The number of rotatable bonds is 5. The topological polar surface area (TPSA) is 78.8 Å². The molecule has 2 heterocycles. The molecule has 1 aromatic heterocycles. The molecule has 1 saturated heterocycles. The highest BCUT2D eigenvalue weighted by Gasteiger charge is 2.23. The molecule has 6 heteroatoms. The van der Waals surface area contributed by atoms with Gasteiger partial charge in [0.05, 0.1) is 18.1 Å². The van der Waals surface area contributed by atoms with Crippen LogP contribution in [-0.4, -0.2) is 24.4 Å². The van der Waals surface area contributed by atoms with Crippen LogP contribution in [0.15, 0.2) is 65.0 Å². The second-order valence-electron chi connectivity index (χ2n) is 5.79. The first-order valence-corrected chi connectivity index (χ1v) is 8.20. The van der Waals surface area contributed by atoms with Gasteiger partial charge < -0.3 is 15.0 Å². The second-order valence-corrected chi connectivity index (χ2v) is 5.79. The summed E-state index contributed by atoms with van der Waals surface area (Å²) in [5.74, 6) is 0.742. The van der Waals surface area contributed by atoms with E-state index in [4.69, 9.17) is 4.74 Å². The van der Waals surface area contributed by atoms with Gasteiger partial charge in [0.15, 0.2) is 0 Å². The average molecular weight is 348 g/mol. The van der Waals surface area contributed by atoms with Crippen molar-refractivity contribution in [2.75, 3.05) is 13.7 Å². The van der Waals surface area contributed by atoms with E-state index < -0.39 is 0 Å². The van der Waals surface area contributed by atoms with Crippen LogP contribution >= 0.6 is 0 Å². The molecule has 1 aliphatic heterocycles. The lowest BCUT2D eigenvalue weighted by molar-refractivity contribution is 0.415. The number of H-pyrrole nitrogens is 1. The molecule has 1 fully saturated rings. The minimum Gasteiger partial charge on any atom is -0.497 e. The van der Waals surface area contributed by atoms with Crippen LogP contribution in [0.1, 0.15) is 6.42 Å².